The average molecular weight is 437 g/mol. The second-order valence-corrected chi connectivity index (χ2v) is 10.8. The molecule has 0 saturated carbocycles. The van der Waals surface area contributed by atoms with Crippen molar-refractivity contribution in [2.24, 2.45) is 0 Å². The van der Waals surface area contributed by atoms with E-state index in [1.54, 1.807) is 11.3 Å². The number of benzene rings is 2. The summed E-state index contributed by atoms with van der Waals surface area (Å²) in [6, 6.07) is 19.9. The SMILES string of the molecule is Cc1cc(C)c(-c2ccc3c(n2)sc2ccc(-c4cc(C(C)(C)C)ccn4)cc23)c(C)c1. The summed E-state index contributed by atoms with van der Waals surface area (Å²) in [5.41, 5.74) is 9.73. The standard InChI is InChI=1S/C29H28N2S/c1-17-13-18(2)27(19(3)14-17)24-9-8-22-23-15-20(7-10-26(23)32-28(22)31-24)25-16-21(11-12-30-25)29(4,5)6/h7-16H,1-6H3. The molecule has 160 valence electrons. The molecule has 0 unspecified atom stereocenters. The Balaban J connectivity index is 1.63. The van der Waals surface area contributed by atoms with Crippen LogP contribution < -0.4 is 0 Å². The Morgan fingerprint density at radius 1 is 0.750 bits per heavy atom. The van der Waals surface area contributed by atoms with Gasteiger partial charge in [0.25, 0.3) is 0 Å². The van der Waals surface area contributed by atoms with E-state index in [0.29, 0.717) is 0 Å². The van der Waals surface area contributed by atoms with E-state index >= 15 is 0 Å². The van der Waals surface area contributed by atoms with E-state index in [0.717, 1.165) is 21.8 Å². The topological polar surface area (TPSA) is 25.8 Å². The molecule has 2 aromatic carbocycles. The summed E-state index contributed by atoms with van der Waals surface area (Å²) < 4.78 is 1.26. The second-order valence-electron chi connectivity index (χ2n) is 9.82. The van der Waals surface area contributed by atoms with Crippen molar-refractivity contribution in [2.45, 2.75) is 47.0 Å². The Hall–Kier alpha value is -3.04. The maximum atomic E-state index is 5.09. The van der Waals surface area contributed by atoms with Crippen molar-refractivity contribution >= 4 is 31.6 Å². The van der Waals surface area contributed by atoms with E-state index in [1.807, 2.05) is 6.20 Å². The van der Waals surface area contributed by atoms with Crippen molar-refractivity contribution in [1.82, 2.24) is 9.97 Å². The fourth-order valence-electron chi connectivity index (χ4n) is 4.59. The Morgan fingerprint density at radius 3 is 2.22 bits per heavy atom. The molecule has 0 atom stereocenters. The predicted octanol–water partition coefficient (Wildman–Crippen LogP) is 8.40. The molecule has 0 radical (unpaired) electrons. The highest BCUT2D eigenvalue weighted by molar-refractivity contribution is 7.25. The number of nitrogens with zero attached hydrogens (tertiary/aromatic N) is 2. The van der Waals surface area contributed by atoms with Crippen molar-refractivity contribution in [3.63, 3.8) is 0 Å². The lowest BCUT2D eigenvalue weighted by Crippen LogP contribution is -2.11. The summed E-state index contributed by atoms with van der Waals surface area (Å²) in [7, 11) is 0. The quantitative estimate of drug-likeness (QED) is 0.278. The first-order valence-corrected chi connectivity index (χ1v) is 11.9. The first kappa shape index (κ1) is 20.8. The van der Waals surface area contributed by atoms with E-state index in [4.69, 9.17) is 4.98 Å². The van der Waals surface area contributed by atoms with Gasteiger partial charge >= 0.3 is 0 Å². The molecule has 0 saturated heterocycles. The molecule has 0 spiro atoms. The first-order valence-electron chi connectivity index (χ1n) is 11.1. The zero-order valence-corrected chi connectivity index (χ0v) is 20.4. The number of rotatable bonds is 2. The van der Waals surface area contributed by atoms with Gasteiger partial charge in [0, 0.05) is 32.8 Å². The molecular formula is C29H28N2S. The molecule has 5 aromatic rings. The highest BCUT2D eigenvalue weighted by Gasteiger charge is 2.16. The third-order valence-corrected chi connectivity index (χ3v) is 7.27. The Labute approximate surface area is 194 Å². The van der Waals surface area contributed by atoms with E-state index in [9.17, 15) is 0 Å². The van der Waals surface area contributed by atoms with Gasteiger partial charge in [0.1, 0.15) is 4.83 Å². The van der Waals surface area contributed by atoms with Crippen molar-refractivity contribution in [1.29, 1.82) is 0 Å². The fraction of sp³-hybridized carbons (Fsp3) is 0.241. The summed E-state index contributed by atoms with van der Waals surface area (Å²) in [6.45, 7) is 13.2. The molecule has 0 aliphatic rings. The van der Waals surface area contributed by atoms with Gasteiger partial charge in [0.15, 0.2) is 0 Å². The van der Waals surface area contributed by atoms with Crippen molar-refractivity contribution < 1.29 is 0 Å². The van der Waals surface area contributed by atoms with Crippen molar-refractivity contribution in [3.8, 4) is 22.5 Å². The average Bonchev–Trinajstić information content (AvgIpc) is 3.09. The van der Waals surface area contributed by atoms with Crippen LogP contribution in [0.2, 0.25) is 0 Å². The molecule has 2 nitrogen and oxygen atoms in total. The second kappa shape index (κ2) is 7.53. The molecule has 3 aromatic heterocycles. The third kappa shape index (κ3) is 3.61. The summed E-state index contributed by atoms with van der Waals surface area (Å²) in [5, 5.41) is 2.46. The van der Waals surface area contributed by atoms with E-state index in [2.05, 4.69) is 101 Å². The van der Waals surface area contributed by atoms with E-state index in [-0.39, 0.29) is 5.41 Å². The van der Waals surface area contributed by atoms with Crippen LogP contribution in [0.5, 0.6) is 0 Å². The van der Waals surface area contributed by atoms with E-state index in [1.165, 1.54) is 43.3 Å². The minimum atomic E-state index is 0.101. The molecule has 0 amide bonds. The van der Waals surface area contributed by atoms with Crippen LogP contribution in [0.25, 0.3) is 42.8 Å². The minimum absolute atomic E-state index is 0.101. The van der Waals surface area contributed by atoms with Gasteiger partial charge in [-0.1, -0.05) is 44.5 Å². The summed E-state index contributed by atoms with van der Waals surface area (Å²) in [5.74, 6) is 0. The molecule has 0 aliphatic heterocycles. The van der Waals surface area contributed by atoms with Crippen molar-refractivity contribution in [3.05, 3.63) is 83.0 Å². The molecule has 0 N–H and O–H groups in total. The summed E-state index contributed by atoms with van der Waals surface area (Å²) in [4.78, 5) is 10.8. The van der Waals surface area contributed by atoms with Crippen LogP contribution in [0.15, 0.2) is 60.8 Å². The molecule has 0 fully saturated rings. The molecule has 3 heterocycles. The molecule has 32 heavy (non-hydrogen) atoms. The highest BCUT2D eigenvalue weighted by Crippen LogP contribution is 2.38. The molecular weight excluding hydrogens is 408 g/mol. The van der Waals surface area contributed by atoms with E-state index < -0.39 is 0 Å². The lowest BCUT2D eigenvalue weighted by molar-refractivity contribution is 0.589. The van der Waals surface area contributed by atoms with Crippen LogP contribution >= 0.6 is 11.3 Å². The van der Waals surface area contributed by atoms with Gasteiger partial charge in [-0.3, -0.25) is 4.98 Å². The lowest BCUT2D eigenvalue weighted by atomic mass is 9.87. The van der Waals surface area contributed by atoms with Gasteiger partial charge in [0.2, 0.25) is 0 Å². The van der Waals surface area contributed by atoms with Crippen LogP contribution in [-0.4, -0.2) is 9.97 Å². The summed E-state index contributed by atoms with van der Waals surface area (Å²) >= 11 is 1.77. The predicted molar refractivity (Wildman–Crippen MR) is 139 cm³/mol. The zero-order chi connectivity index (χ0) is 22.6. The monoisotopic (exact) mass is 436 g/mol. The normalized spacial score (nSPS) is 12.1. The van der Waals surface area contributed by atoms with Gasteiger partial charge in [-0.25, -0.2) is 4.98 Å². The smallest absolute Gasteiger partial charge is 0.125 e. The number of aromatic nitrogens is 2. The Kier molecular flexibility index (Phi) is 4.90. The van der Waals surface area contributed by atoms with Crippen LogP contribution in [0.3, 0.4) is 0 Å². The molecule has 0 aliphatic carbocycles. The van der Waals surface area contributed by atoms with Gasteiger partial charge in [-0.15, -0.1) is 11.3 Å². The maximum Gasteiger partial charge on any atom is 0.125 e. The zero-order valence-electron chi connectivity index (χ0n) is 19.6. The number of hydrogen-bond donors (Lipinski definition) is 0. The lowest BCUT2D eigenvalue weighted by Gasteiger charge is -2.19. The van der Waals surface area contributed by atoms with Gasteiger partial charge < -0.3 is 0 Å². The first-order chi connectivity index (χ1) is 15.2. The van der Waals surface area contributed by atoms with Gasteiger partial charge in [-0.2, -0.15) is 0 Å². The molecule has 5 rings (SSSR count). The number of aryl methyl sites for hydroxylation is 3. The number of fused-ring (bicyclic) bond motifs is 3. The van der Waals surface area contributed by atoms with Crippen LogP contribution in [-0.2, 0) is 5.41 Å². The number of thiophene rings is 1. The van der Waals surface area contributed by atoms with Crippen LogP contribution in [0, 0.1) is 20.8 Å². The minimum Gasteiger partial charge on any atom is -0.256 e. The number of pyridine rings is 2. The van der Waals surface area contributed by atoms with Crippen molar-refractivity contribution in [2.75, 3.05) is 0 Å². The largest absolute Gasteiger partial charge is 0.256 e. The van der Waals surface area contributed by atoms with Gasteiger partial charge in [-0.05, 0) is 79.3 Å². The Bertz CT molecular complexity index is 1460. The third-order valence-electron chi connectivity index (χ3n) is 6.19. The molecule has 3 heteroatoms. The number of hydrogen-bond acceptors (Lipinski definition) is 3. The summed E-state index contributed by atoms with van der Waals surface area (Å²) in [6.07, 6.45) is 1.92. The van der Waals surface area contributed by atoms with Gasteiger partial charge in [0.05, 0.1) is 11.4 Å². The van der Waals surface area contributed by atoms with Crippen LogP contribution in [0.1, 0.15) is 43.0 Å². The molecule has 0 bridgehead atoms. The fourth-order valence-corrected chi connectivity index (χ4v) is 5.65. The van der Waals surface area contributed by atoms with Crippen LogP contribution in [0.4, 0.5) is 0 Å². The highest BCUT2D eigenvalue weighted by atomic mass is 32.1. The maximum absolute atomic E-state index is 5.09. The Morgan fingerprint density at radius 2 is 1.50 bits per heavy atom.